The molecule has 4 fully saturated rings. The lowest BCUT2D eigenvalue weighted by molar-refractivity contribution is 0.0584. The molecule has 1 aromatic heterocycles. The maximum atomic E-state index is 12.9. The number of furan rings is 1. The fraction of sp³-hybridized carbons (Fsp3) is 0.500. The van der Waals surface area contributed by atoms with Gasteiger partial charge in [0.25, 0.3) is 5.91 Å². The van der Waals surface area contributed by atoms with E-state index in [1.54, 1.807) is 0 Å². The molecule has 2 heterocycles. The number of nitrogens with zero attached hydrogens (tertiary/aromatic N) is 1. The van der Waals surface area contributed by atoms with Crippen molar-refractivity contribution in [1.29, 1.82) is 0 Å². The van der Waals surface area contributed by atoms with E-state index in [0.717, 1.165) is 35.3 Å². The molecule has 1 amide bonds. The summed E-state index contributed by atoms with van der Waals surface area (Å²) >= 11 is 0. The Balaban J connectivity index is 1.49. The number of carbonyl (C=O) groups is 1. The lowest BCUT2D eigenvalue weighted by Crippen LogP contribution is -2.42. The van der Waals surface area contributed by atoms with Gasteiger partial charge in [0.1, 0.15) is 5.58 Å². The van der Waals surface area contributed by atoms with Crippen molar-refractivity contribution < 1.29 is 9.21 Å². The molecule has 4 bridgehead atoms. The molecule has 4 aliphatic rings. The van der Waals surface area contributed by atoms with Crippen molar-refractivity contribution in [3.05, 3.63) is 36.1 Å². The van der Waals surface area contributed by atoms with E-state index >= 15 is 0 Å². The highest BCUT2D eigenvalue weighted by Crippen LogP contribution is 2.51. The Hall–Kier alpha value is -1.77. The van der Waals surface area contributed by atoms with Crippen molar-refractivity contribution in [2.75, 3.05) is 6.54 Å². The van der Waals surface area contributed by atoms with Gasteiger partial charge in [-0.15, -0.1) is 0 Å². The summed E-state index contributed by atoms with van der Waals surface area (Å²) in [5, 5.41) is 1.02. The monoisotopic (exact) mass is 281 g/mol. The van der Waals surface area contributed by atoms with E-state index in [0.29, 0.717) is 11.8 Å². The number of likely N-dealkylation sites (tertiary alicyclic amines) is 1. The topological polar surface area (TPSA) is 33.5 Å². The van der Waals surface area contributed by atoms with Crippen molar-refractivity contribution in [3.63, 3.8) is 0 Å². The first kappa shape index (κ1) is 11.8. The van der Waals surface area contributed by atoms with Crippen LogP contribution in [0, 0.1) is 17.8 Å². The number of hydrogen-bond acceptors (Lipinski definition) is 2. The highest BCUT2D eigenvalue weighted by Gasteiger charge is 2.51. The summed E-state index contributed by atoms with van der Waals surface area (Å²) in [7, 11) is 0. The largest absolute Gasteiger partial charge is 0.451 e. The molecule has 108 valence electrons. The van der Waals surface area contributed by atoms with Gasteiger partial charge in [-0.2, -0.15) is 0 Å². The molecule has 0 radical (unpaired) electrons. The number of carbonyl (C=O) groups excluding carboxylic acids is 1. The molecule has 0 N–H and O–H groups in total. The number of fused-ring (bicyclic) bond motifs is 2. The summed E-state index contributed by atoms with van der Waals surface area (Å²) in [6, 6.07) is 10.2. The van der Waals surface area contributed by atoms with Crippen LogP contribution in [0.4, 0.5) is 0 Å². The maximum absolute atomic E-state index is 12.9. The number of benzene rings is 1. The van der Waals surface area contributed by atoms with Crippen LogP contribution in [-0.2, 0) is 0 Å². The Morgan fingerprint density at radius 1 is 1.19 bits per heavy atom. The Kier molecular flexibility index (Phi) is 2.33. The van der Waals surface area contributed by atoms with Gasteiger partial charge >= 0.3 is 0 Å². The Morgan fingerprint density at radius 2 is 2.10 bits per heavy atom. The number of hydrogen-bond donors (Lipinski definition) is 0. The molecule has 1 aliphatic heterocycles. The molecular weight excluding hydrogens is 262 g/mol. The summed E-state index contributed by atoms with van der Waals surface area (Å²) in [5.74, 6) is 2.98. The van der Waals surface area contributed by atoms with Crippen molar-refractivity contribution >= 4 is 16.9 Å². The van der Waals surface area contributed by atoms with E-state index in [2.05, 4.69) is 4.90 Å². The third-order valence-corrected chi connectivity index (χ3v) is 5.95. The molecule has 3 nitrogen and oxygen atoms in total. The lowest BCUT2D eigenvalue weighted by atomic mass is 9.65. The highest BCUT2D eigenvalue weighted by molar-refractivity contribution is 5.96. The van der Waals surface area contributed by atoms with Gasteiger partial charge in [-0.25, -0.2) is 0 Å². The minimum Gasteiger partial charge on any atom is -0.451 e. The SMILES string of the molecule is O=C(c1cc2ccccc2o1)N1C[C@H]2CC3CC[C@H]2[C@H]1C3. The number of para-hydroxylation sites is 1. The van der Waals surface area contributed by atoms with E-state index in [1.807, 2.05) is 30.3 Å². The van der Waals surface area contributed by atoms with Gasteiger partial charge in [-0.05, 0) is 49.1 Å². The zero-order valence-corrected chi connectivity index (χ0v) is 12.0. The van der Waals surface area contributed by atoms with Gasteiger partial charge in [-0.1, -0.05) is 24.6 Å². The van der Waals surface area contributed by atoms with Gasteiger partial charge < -0.3 is 9.32 Å². The van der Waals surface area contributed by atoms with Crippen LogP contribution in [-0.4, -0.2) is 23.4 Å². The van der Waals surface area contributed by atoms with Crippen molar-refractivity contribution in [2.24, 2.45) is 17.8 Å². The average molecular weight is 281 g/mol. The molecule has 0 spiro atoms. The van der Waals surface area contributed by atoms with Gasteiger partial charge in [0.05, 0.1) is 0 Å². The molecular formula is C18H19NO2. The molecule has 21 heavy (non-hydrogen) atoms. The zero-order valence-electron chi connectivity index (χ0n) is 12.0. The number of amides is 1. The molecule has 3 aliphatic carbocycles. The summed E-state index contributed by atoms with van der Waals surface area (Å²) < 4.78 is 5.78. The van der Waals surface area contributed by atoms with E-state index in [1.165, 1.54) is 25.7 Å². The maximum Gasteiger partial charge on any atom is 0.289 e. The fourth-order valence-corrected chi connectivity index (χ4v) is 5.04. The fourth-order valence-electron chi connectivity index (χ4n) is 5.04. The van der Waals surface area contributed by atoms with Gasteiger partial charge in [0.2, 0.25) is 0 Å². The van der Waals surface area contributed by atoms with Gasteiger partial charge in [-0.3, -0.25) is 4.79 Å². The molecule has 4 atom stereocenters. The van der Waals surface area contributed by atoms with Crippen molar-refractivity contribution in [2.45, 2.75) is 31.7 Å². The molecule has 1 unspecified atom stereocenters. The Bertz CT molecular complexity index is 686. The first-order chi connectivity index (χ1) is 10.3. The predicted octanol–water partition coefficient (Wildman–Crippen LogP) is 3.69. The molecule has 1 saturated heterocycles. The first-order valence-corrected chi connectivity index (χ1v) is 8.09. The molecule has 6 rings (SSSR count). The number of rotatable bonds is 1. The standard InChI is InChI=1S/C18H19NO2/c20-18(17-9-12-3-1-2-4-16(12)21-17)19-10-13-7-11-5-6-14(13)15(19)8-11/h1-4,9,11,13-15H,5-8,10H2/t11?,13-,14-,15-/m1/s1. The van der Waals surface area contributed by atoms with E-state index < -0.39 is 0 Å². The summed E-state index contributed by atoms with van der Waals surface area (Å²) in [6.07, 6.45) is 5.26. The Morgan fingerprint density at radius 3 is 2.90 bits per heavy atom. The van der Waals surface area contributed by atoms with Crippen LogP contribution in [0.5, 0.6) is 0 Å². The summed E-state index contributed by atoms with van der Waals surface area (Å²) in [5.41, 5.74) is 0.810. The molecule has 3 heteroatoms. The van der Waals surface area contributed by atoms with E-state index in [9.17, 15) is 4.79 Å². The molecule has 1 aromatic carbocycles. The molecule has 2 aromatic rings. The van der Waals surface area contributed by atoms with Crippen LogP contribution in [0.1, 0.15) is 36.2 Å². The lowest BCUT2D eigenvalue weighted by Gasteiger charge is -2.42. The van der Waals surface area contributed by atoms with E-state index in [4.69, 9.17) is 4.42 Å². The second kappa shape index (κ2) is 4.12. The third kappa shape index (κ3) is 1.63. The van der Waals surface area contributed by atoms with Crippen molar-refractivity contribution in [3.8, 4) is 0 Å². The normalized spacial score (nSPS) is 33.8. The summed E-state index contributed by atoms with van der Waals surface area (Å²) in [6.45, 7) is 0.946. The van der Waals surface area contributed by atoms with E-state index in [-0.39, 0.29) is 5.91 Å². The minimum absolute atomic E-state index is 0.103. The van der Waals surface area contributed by atoms with Crippen molar-refractivity contribution in [1.82, 2.24) is 4.90 Å². The van der Waals surface area contributed by atoms with Crippen LogP contribution in [0.3, 0.4) is 0 Å². The predicted molar refractivity (Wildman–Crippen MR) is 80.0 cm³/mol. The van der Waals surface area contributed by atoms with Crippen LogP contribution >= 0.6 is 0 Å². The second-order valence-electron chi connectivity index (χ2n) is 7.01. The average Bonchev–Trinajstić information content (AvgIpc) is 3.06. The quantitative estimate of drug-likeness (QED) is 0.798. The van der Waals surface area contributed by atoms with Gasteiger partial charge in [0, 0.05) is 18.0 Å². The van der Waals surface area contributed by atoms with Crippen LogP contribution in [0.25, 0.3) is 11.0 Å². The third-order valence-electron chi connectivity index (χ3n) is 5.95. The van der Waals surface area contributed by atoms with Crippen LogP contribution in [0.2, 0.25) is 0 Å². The van der Waals surface area contributed by atoms with Gasteiger partial charge in [0.15, 0.2) is 5.76 Å². The van der Waals surface area contributed by atoms with Crippen LogP contribution in [0.15, 0.2) is 34.7 Å². The minimum atomic E-state index is 0.103. The zero-order chi connectivity index (χ0) is 14.0. The first-order valence-electron chi connectivity index (χ1n) is 8.09. The highest BCUT2D eigenvalue weighted by atomic mass is 16.3. The Labute approximate surface area is 123 Å². The smallest absolute Gasteiger partial charge is 0.289 e. The molecule has 3 saturated carbocycles. The summed E-state index contributed by atoms with van der Waals surface area (Å²) in [4.78, 5) is 15.0. The van der Waals surface area contributed by atoms with Crippen LogP contribution < -0.4 is 0 Å². The second-order valence-corrected chi connectivity index (χ2v) is 7.01.